The van der Waals surface area contributed by atoms with E-state index >= 15 is 0 Å². The lowest BCUT2D eigenvalue weighted by Crippen LogP contribution is -2.34. The molecule has 0 fully saturated rings. The molecule has 0 aliphatic carbocycles. The second-order valence-corrected chi connectivity index (χ2v) is 3.15. The molecule has 3 heteroatoms. The molecule has 2 nitrogen and oxygen atoms in total. The van der Waals surface area contributed by atoms with E-state index in [-0.39, 0.29) is 17.2 Å². The Kier molecular flexibility index (Phi) is 5.30. The van der Waals surface area contributed by atoms with Gasteiger partial charge in [0.2, 0.25) is 5.91 Å². The molecule has 0 bridgehead atoms. The zero-order valence-corrected chi connectivity index (χ0v) is 8.11. The average molecular weight is 178 g/mol. The Morgan fingerprint density at radius 3 is 2.45 bits per heavy atom. The van der Waals surface area contributed by atoms with Gasteiger partial charge in [0.25, 0.3) is 0 Å². The summed E-state index contributed by atoms with van der Waals surface area (Å²) in [4.78, 5) is 11.1. The fourth-order valence-corrected chi connectivity index (χ4v) is 0.992. The van der Waals surface area contributed by atoms with Crippen LogP contribution in [-0.4, -0.2) is 17.8 Å². The Morgan fingerprint density at radius 2 is 2.09 bits per heavy atom. The van der Waals surface area contributed by atoms with E-state index in [9.17, 15) is 4.79 Å². The van der Waals surface area contributed by atoms with Crippen molar-refractivity contribution in [2.75, 3.05) is 6.54 Å². The molecule has 0 heterocycles. The van der Waals surface area contributed by atoms with Gasteiger partial charge < -0.3 is 5.32 Å². The van der Waals surface area contributed by atoms with Crippen molar-refractivity contribution in [3.05, 3.63) is 0 Å². The molecule has 0 saturated heterocycles. The first-order valence-electron chi connectivity index (χ1n) is 4.05. The lowest BCUT2D eigenvalue weighted by Gasteiger charge is -2.14. The van der Waals surface area contributed by atoms with Gasteiger partial charge in [0, 0.05) is 6.54 Å². The first kappa shape index (κ1) is 10.8. The van der Waals surface area contributed by atoms with Crippen LogP contribution in [0.4, 0.5) is 0 Å². The predicted octanol–water partition coefficient (Wildman–Crippen LogP) is 1.78. The summed E-state index contributed by atoms with van der Waals surface area (Å²) >= 11 is 5.85. The van der Waals surface area contributed by atoms with Crippen molar-refractivity contribution in [2.24, 2.45) is 5.92 Å². The third-order valence-corrected chi connectivity index (χ3v) is 2.37. The molecule has 0 spiro atoms. The highest BCUT2D eigenvalue weighted by Crippen LogP contribution is 2.13. The third-order valence-electron chi connectivity index (χ3n) is 1.75. The van der Waals surface area contributed by atoms with Crippen LogP contribution in [0.2, 0.25) is 0 Å². The Balaban J connectivity index is 3.80. The second kappa shape index (κ2) is 5.42. The van der Waals surface area contributed by atoms with Gasteiger partial charge >= 0.3 is 0 Å². The summed E-state index contributed by atoms with van der Waals surface area (Å²) in [5, 5.41) is 2.31. The lowest BCUT2D eigenvalue weighted by atomic mass is 10.0. The number of hydrogen-bond acceptors (Lipinski definition) is 1. The molecular formula is C8H16ClNO. The van der Waals surface area contributed by atoms with Crippen molar-refractivity contribution in [2.45, 2.75) is 32.6 Å². The molecule has 2 unspecified atom stereocenters. The third kappa shape index (κ3) is 3.61. The molecule has 0 aromatic carbocycles. The summed E-state index contributed by atoms with van der Waals surface area (Å²) in [6.07, 6.45) is 0.936. The van der Waals surface area contributed by atoms with Gasteiger partial charge in [-0.2, -0.15) is 0 Å². The van der Waals surface area contributed by atoms with Crippen molar-refractivity contribution >= 4 is 17.5 Å². The first-order chi connectivity index (χ1) is 5.13. The van der Waals surface area contributed by atoms with Crippen molar-refractivity contribution in [3.63, 3.8) is 0 Å². The average Bonchev–Trinajstić information content (AvgIpc) is 2.02. The van der Waals surface area contributed by atoms with Gasteiger partial charge in [-0.25, -0.2) is 0 Å². The van der Waals surface area contributed by atoms with Gasteiger partial charge in [0.1, 0.15) is 5.38 Å². The highest BCUT2D eigenvalue weighted by molar-refractivity contribution is 6.30. The highest BCUT2D eigenvalue weighted by Gasteiger charge is 2.19. The van der Waals surface area contributed by atoms with E-state index < -0.39 is 0 Å². The Labute approximate surface area is 73.3 Å². The van der Waals surface area contributed by atoms with Crippen LogP contribution in [0.15, 0.2) is 0 Å². The molecule has 0 aliphatic rings. The van der Waals surface area contributed by atoms with Crippen molar-refractivity contribution in [3.8, 4) is 0 Å². The van der Waals surface area contributed by atoms with E-state index in [0.29, 0.717) is 6.54 Å². The van der Waals surface area contributed by atoms with Crippen molar-refractivity contribution in [1.29, 1.82) is 0 Å². The number of carbonyl (C=O) groups excluding carboxylic acids is 1. The van der Waals surface area contributed by atoms with Crippen LogP contribution in [0.25, 0.3) is 0 Å². The summed E-state index contributed by atoms with van der Waals surface area (Å²) in [7, 11) is 0. The molecule has 11 heavy (non-hydrogen) atoms. The molecule has 66 valence electrons. The molecule has 1 N–H and O–H groups in total. The minimum Gasteiger partial charge on any atom is -0.355 e. The van der Waals surface area contributed by atoms with Crippen LogP contribution in [0.1, 0.15) is 27.2 Å². The van der Waals surface area contributed by atoms with Crippen LogP contribution >= 0.6 is 11.6 Å². The van der Waals surface area contributed by atoms with Crippen LogP contribution in [0.3, 0.4) is 0 Å². The number of hydrogen-bond donors (Lipinski definition) is 1. The zero-order valence-electron chi connectivity index (χ0n) is 7.36. The predicted molar refractivity (Wildman–Crippen MR) is 47.8 cm³/mol. The molecule has 0 saturated carbocycles. The van der Waals surface area contributed by atoms with Gasteiger partial charge in [-0.15, -0.1) is 11.6 Å². The van der Waals surface area contributed by atoms with Crippen LogP contribution in [0.5, 0.6) is 0 Å². The summed E-state index contributed by atoms with van der Waals surface area (Å²) in [5.41, 5.74) is 0. The molecule has 1 amide bonds. The van der Waals surface area contributed by atoms with Gasteiger partial charge in [0.15, 0.2) is 0 Å². The van der Waals surface area contributed by atoms with Crippen molar-refractivity contribution < 1.29 is 4.79 Å². The largest absolute Gasteiger partial charge is 0.355 e. The second-order valence-electron chi connectivity index (χ2n) is 2.68. The van der Waals surface area contributed by atoms with Crippen LogP contribution in [-0.2, 0) is 4.79 Å². The number of alkyl halides is 1. The maximum absolute atomic E-state index is 11.1. The number of halogens is 1. The summed E-state index contributed by atoms with van der Waals surface area (Å²) in [6.45, 7) is 6.54. The molecule has 2 atom stereocenters. The van der Waals surface area contributed by atoms with E-state index in [1.807, 2.05) is 20.8 Å². The molecule has 0 aromatic rings. The maximum Gasteiger partial charge on any atom is 0.238 e. The van der Waals surface area contributed by atoms with E-state index in [1.165, 1.54) is 0 Å². The minimum absolute atomic E-state index is 0.0523. The van der Waals surface area contributed by atoms with Crippen LogP contribution < -0.4 is 5.32 Å². The fraction of sp³-hybridized carbons (Fsp3) is 0.875. The van der Waals surface area contributed by atoms with Gasteiger partial charge in [-0.3, -0.25) is 4.79 Å². The maximum atomic E-state index is 11.1. The number of nitrogens with one attached hydrogen (secondary N) is 1. The summed E-state index contributed by atoms with van der Waals surface area (Å²) in [6, 6.07) is 0. The van der Waals surface area contributed by atoms with Crippen molar-refractivity contribution in [1.82, 2.24) is 5.32 Å². The van der Waals surface area contributed by atoms with E-state index in [2.05, 4.69) is 5.32 Å². The summed E-state index contributed by atoms with van der Waals surface area (Å²) in [5.74, 6) is 0.201. The number of carbonyl (C=O) groups is 1. The summed E-state index contributed by atoms with van der Waals surface area (Å²) < 4.78 is 0. The Hall–Kier alpha value is -0.240. The van der Waals surface area contributed by atoms with E-state index in [0.717, 1.165) is 6.42 Å². The quantitative estimate of drug-likeness (QED) is 0.652. The zero-order chi connectivity index (χ0) is 8.85. The minimum atomic E-state index is -0.375. The van der Waals surface area contributed by atoms with Crippen LogP contribution in [0, 0.1) is 5.92 Å². The topological polar surface area (TPSA) is 29.1 Å². The van der Waals surface area contributed by atoms with E-state index in [4.69, 9.17) is 11.6 Å². The first-order valence-corrected chi connectivity index (χ1v) is 4.48. The highest BCUT2D eigenvalue weighted by atomic mass is 35.5. The molecule has 0 radical (unpaired) electrons. The molecule has 0 aromatic heterocycles. The fourth-order valence-electron chi connectivity index (χ4n) is 0.737. The normalized spacial score (nSPS) is 15.6. The smallest absolute Gasteiger partial charge is 0.238 e. The van der Waals surface area contributed by atoms with E-state index in [1.54, 1.807) is 0 Å². The number of amides is 1. The molecule has 0 aliphatic heterocycles. The lowest BCUT2D eigenvalue weighted by molar-refractivity contribution is -0.121. The van der Waals surface area contributed by atoms with Gasteiger partial charge in [-0.1, -0.05) is 20.3 Å². The Morgan fingerprint density at radius 1 is 1.55 bits per heavy atom. The van der Waals surface area contributed by atoms with Gasteiger partial charge in [-0.05, 0) is 12.8 Å². The number of rotatable bonds is 4. The van der Waals surface area contributed by atoms with Gasteiger partial charge in [0.05, 0.1) is 0 Å². The molecular weight excluding hydrogens is 162 g/mol. The SMILES string of the molecule is CCNC(=O)C(Cl)C(C)CC. The molecule has 0 rings (SSSR count). The Bertz CT molecular complexity index is 127. The monoisotopic (exact) mass is 177 g/mol. The standard InChI is InChI=1S/C8H16ClNO/c1-4-6(3)7(9)8(11)10-5-2/h6-7H,4-5H2,1-3H3,(H,10,11).